The molecule has 0 amide bonds. The highest BCUT2D eigenvalue weighted by Crippen LogP contribution is 2.40. The Labute approximate surface area is 80.0 Å². The summed E-state index contributed by atoms with van der Waals surface area (Å²) in [7, 11) is 1.61. The highest BCUT2D eigenvalue weighted by atomic mass is 16.5. The second-order valence-corrected chi connectivity index (χ2v) is 4.17. The van der Waals surface area contributed by atoms with Crippen molar-refractivity contribution in [2.24, 2.45) is 5.92 Å². The van der Waals surface area contributed by atoms with Crippen LogP contribution >= 0.6 is 0 Å². The number of methoxy groups -OCH3 is 1. The van der Waals surface area contributed by atoms with Gasteiger partial charge in [-0.1, -0.05) is 0 Å². The van der Waals surface area contributed by atoms with Crippen LogP contribution in [0.25, 0.3) is 0 Å². The summed E-state index contributed by atoms with van der Waals surface area (Å²) < 4.78 is 10.4. The molecule has 1 aliphatic rings. The molecule has 0 saturated heterocycles. The van der Waals surface area contributed by atoms with Gasteiger partial charge in [0.1, 0.15) is 5.60 Å². The molecule has 1 unspecified atom stereocenters. The van der Waals surface area contributed by atoms with Crippen molar-refractivity contribution in [3.8, 4) is 0 Å². The molecule has 0 aromatic heterocycles. The van der Waals surface area contributed by atoms with Crippen LogP contribution in [0.15, 0.2) is 0 Å². The van der Waals surface area contributed by atoms with Gasteiger partial charge in [0.15, 0.2) is 0 Å². The number of hydrogen-bond acceptors (Lipinski definition) is 3. The third kappa shape index (κ3) is 3.25. The van der Waals surface area contributed by atoms with E-state index >= 15 is 0 Å². The number of aliphatic hydroxyl groups is 1. The van der Waals surface area contributed by atoms with Crippen molar-refractivity contribution in [1.29, 1.82) is 0 Å². The molecule has 0 aromatic rings. The van der Waals surface area contributed by atoms with Crippen LogP contribution in [0.5, 0.6) is 0 Å². The van der Waals surface area contributed by atoms with Crippen LogP contribution in [0.1, 0.15) is 26.7 Å². The van der Waals surface area contributed by atoms with E-state index in [0.717, 1.165) is 12.8 Å². The quantitative estimate of drug-likeness (QED) is 0.680. The molecule has 1 rings (SSSR count). The smallest absolute Gasteiger partial charge is 0.114 e. The molecule has 0 aromatic carbocycles. The molecular formula is C10H20O3. The van der Waals surface area contributed by atoms with Gasteiger partial charge in [0.25, 0.3) is 0 Å². The fraction of sp³-hybridized carbons (Fsp3) is 1.00. The third-order valence-electron chi connectivity index (χ3n) is 2.40. The van der Waals surface area contributed by atoms with Gasteiger partial charge in [-0.05, 0) is 32.6 Å². The Kier molecular flexibility index (Phi) is 3.71. The topological polar surface area (TPSA) is 38.7 Å². The Balaban J connectivity index is 2.36. The maximum absolute atomic E-state index is 10.1. The number of hydrogen-bond donors (Lipinski definition) is 1. The molecule has 13 heavy (non-hydrogen) atoms. The van der Waals surface area contributed by atoms with E-state index in [1.807, 2.05) is 13.8 Å². The van der Waals surface area contributed by atoms with Crippen molar-refractivity contribution in [2.45, 2.75) is 38.4 Å². The molecule has 0 aliphatic heterocycles. The third-order valence-corrected chi connectivity index (χ3v) is 2.40. The molecule has 1 fully saturated rings. The van der Waals surface area contributed by atoms with E-state index in [-0.39, 0.29) is 6.10 Å². The van der Waals surface area contributed by atoms with E-state index in [4.69, 9.17) is 9.47 Å². The maximum atomic E-state index is 10.1. The normalized spacial score (nSPS) is 21.9. The molecule has 0 radical (unpaired) electrons. The first kappa shape index (κ1) is 11.0. The molecule has 0 bridgehead atoms. The minimum atomic E-state index is -0.751. The van der Waals surface area contributed by atoms with Crippen LogP contribution in [0.2, 0.25) is 0 Å². The van der Waals surface area contributed by atoms with Gasteiger partial charge in [-0.2, -0.15) is 0 Å². The fourth-order valence-corrected chi connectivity index (χ4v) is 1.46. The van der Waals surface area contributed by atoms with E-state index < -0.39 is 5.60 Å². The van der Waals surface area contributed by atoms with Gasteiger partial charge in [0.05, 0.1) is 19.3 Å². The molecule has 3 heteroatoms. The maximum Gasteiger partial charge on any atom is 0.114 e. The summed E-state index contributed by atoms with van der Waals surface area (Å²) in [6.07, 6.45) is 2.37. The van der Waals surface area contributed by atoms with E-state index in [1.165, 1.54) is 0 Å². The zero-order valence-corrected chi connectivity index (χ0v) is 8.75. The second-order valence-electron chi connectivity index (χ2n) is 4.17. The monoisotopic (exact) mass is 188 g/mol. The van der Waals surface area contributed by atoms with Crippen molar-refractivity contribution in [1.82, 2.24) is 0 Å². The van der Waals surface area contributed by atoms with Crippen molar-refractivity contribution in [3.05, 3.63) is 0 Å². The summed E-state index contributed by atoms with van der Waals surface area (Å²) in [5, 5.41) is 10.1. The fourth-order valence-electron chi connectivity index (χ4n) is 1.46. The van der Waals surface area contributed by atoms with E-state index in [9.17, 15) is 5.11 Å². The summed E-state index contributed by atoms with van der Waals surface area (Å²) in [6.45, 7) is 4.72. The van der Waals surface area contributed by atoms with Gasteiger partial charge in [-0.15, -0.1) is 0 Å². The average Bonchev–Trinajstić information content (AvgIpc) is 2.83. The van der Waals surface area contributed by atoms with Crippen molar-refractivity contribution in [3.63, 3.8) is 0 Å². The van der Waals surface area contributed by atoms with Crippen LogP contribution in [0.3, 0.4) is 0 Å². The lowest BCUT2D eigenvalue weighted by Crippen LogP contribution is -2.42. The summed E-state index contributed by atoms with van der Waals surface area (Å²) >= 11 is 0. The minimum Gasteiger partial charge on any atom is -0.385 e. The molecule has 0 heterocycles. The van der Waals surface area contributed by atoms with E-state index in [0.29, 0.717) is 19.1 Å². The number of rotatable bonds is 6. The first-order valence-corrected chi connectivity index (χ1v) is 4.91. The molecule has 1 saturated carbocycles. The van der Waals surface area contributed by atoms with Gasteiger partial charge in [-0.3, -0.25) is 0 Å². The zero-order chi connectivity index (χ0) is 9.90. The Morgan fingerprint density at radius 1 is 1.38 bits per heavy atom. The summed E-state index contributed by atoms with van der Waals surface area (Å²) in [5.74, 6) is 0.381. The molecule has 0 spiro atoms. The van der Waals surface area contributed by atoms with Crippen LogP contribution in [-0.4, -0.2) is 37.1 Å². The molecule has 1 atom stereocenters. The standard InChI is InChI=1S/C10H20O3/c1-8(2)13-7-10(11,6-12-3)9-4-5-9/h8-9,11H,4-7H2,1-3H3. The lowest BCUT2D eigenvalue weighted by Gasteiger charge is -2.28. The highest BCUT2D eigenvalue weighted by Gasteiger charge is 2.44. The van der Waals surface area contributed by atoms with Crippen LogP contribution < -0.4 is 0 Å². The Morgan fingerprint density at radius 3 is 2.38 bits per heavy atom. The minimum absolute atomic E-state index is 0.169. The van der Waals surface area contributed by atoms with Gasteiger partial charge < -0.3 is 14.6 Å². The van der Waals surface area contributed by atoms with Crippen LogP contribution in [-0.2, 0) is 9.47 Å². The summed E-state index contributed by atoms with van der Waals surface area (Å²) in [4.78, 5) is 0. The Morgan fingerprint density at radius 2 is 2.00 bits per heavy atom. The lowest BCUT2D eigenvalue weighted by molar-refractivity contribution is -0.111. The average molecular weight is 188 g/mol. The van der Waals surface area contributed by atoms with Crippen LogP contribution in [0, 0.1) is 5.92 Å². The SMILES string of the molecule is COCC(O)(COC(C)C)C1CC1. The molecule has 78 valence electrons. The van der Waals surface area contributed by atoms with Gasteiger partial charge in [0.2, 0.25) is 0 Å². The largest absolute Gasteiger partial charge is 0.385 e. The van der Waals surface area contributed by atoms with Gasteiger partial charge in [0, 0.05) is 7.11 Å². The Hall–Kier alpha value is -0.120. The number of ether oxygens (including phenoxy) is 2. The predicted octanol–water partition coefficient (Wildman–Crippen LogP) is 1.20. The molecule has 1 N–H and O–H groups in total. The van der Waals surface area contributed by atoms with Crippen LogP contribution in [0.4, 0.5) is 0 Å². The van der Waals surface area contributed by atoms with E-state index in [2.05, 4.69) is 0 Å². The zero-order valence-electron chi connectivity index (χ0n) is 8.75. The van der Waals surface area contributed by atoms with Crippen molar-refractivity contribution < 1.29 is 14.6 Å². The van der Waals surface area contributed by atoms with Gasteiger partial charge in [-0.25, -0.2) is 0 Å². The summed E-state index contributed by atoms with van der Waals surface area (Å²) in [5.41, 5.74) is -0.751. The predicted molar refractivity (Wildman–Crippen MR) is 50.6 cm³/mol. The second kappa shape index (κ2) is 4.40. The lowest BCUT2D eigenvalue weighted by atomic mass is 10.0. The Bertz CT molecular complexity index is 154. The molecule has 1 aliphatic carbocycles. The molecule has 3 nitrogen and oxygen atoms in total. The van der Waals surface area contributed by atoms with Gasteiger partial charge >= 0.3 is 0 Å². The summed E-state index contributed by atoms with van der Waals surface area (Å²) in [6, 6.07) is 0. The first-order chi connectivity index (χ1) is 6.08. The highest BCUT2D eigenvalue weighted by molar-refractivity contribution is 4.94. The van der Waals surface area contributed by atoms with Crippen molar-refractivity contribution >= 4 is 0 Å². The van der Waals surface area contributed by atoms with E-state index in [1.54, 1.807) is 7.11 Å². The van der Waals surface area contributed by atoms with Crippen molar-refractivity contribution in [2.75, 3.05) is 20.3 Å². The molecular weight excluding hydrogens is 168 g/mol. The first-order valence-electron chi connectivity index (χ1n) is 4.91.